The Balaban J connectivity index is 2.41. The third-order valence-corrected chi connectivity index (χ3v) is 2.42. The summed E-state index contributed by atoms with van der Waals surface area (Å²) in [5.74, 6) is -0.586. The lowest BCUT2D eigenvalue weighted by molar-refractivity contribution is -0.138. The maximum atomic E-state index is 12.5. The van der Waals surface area contributed by atoms with Gasteiger partial charge in [0.2, 0.25) is 0 Å². The molecule has 1 aromatic carbocycles. The van der Waals surface area contributed by atoms with Gasteiger partial charge in [-0.25, -0.2) is 4.79 Å². The van der Waals surface area contributed by atoms with Crippen LogP contribution in [-0.2, 0) is 15.7 Å². The minimum Gasteiger partial charge on any atom is -0.455 e. The minimum atomic E-state index is -4.41. The van der Waals surface area contributed by atoms with Crippen LogP contribution in [0.3, 0.4) is 0 Å². The van der Waals surface area contributed by atoms with E-state index in [-0.39, 0.29) is 11.1 Å². The highest BCUT2D eigenvalue weighted by atomic mass is 19.4. The number of esters is 1. The lowest BCUT2D eigenvalue weighted by Gasteiger charge is -2.08. The summed E-state index contributed by atoms with van der Waals surface area (Å²) < 4.78 is 42.3. The highest BCUT2D eigenvalue weighted by molar-refractivity contribution is 6.18. The number of rotatable bonds is 1. The number of carbonyl (C=O) groups excluding carboxylic acids is 1. The van der Waals surface area contributed by atoms with Crippen LogP contribution in [0.5, 0.6) is 0 Å². The van der Waals surface area contributed by atoms with E-state index in [9.17, 15) is 18.0 Å². The van der Waals surface area contributed by atoms with E-state index in [1.165, 1.54) is 18.2 Å². The Morgan fingerprint density at radius 3 is 2.53 bits per heavy atom. The second-order valence-corrected chi connectivity index (χ2v) is 3.77. The van der Waals surface area contributed by atoms with Gasteiger partial charge in [-0.15, -0.1) is 0 Å². The van der Waals surface area contributed by atoms with Gasteiger partial charge in [-0.2, -0.15) is 13.2 Å². The average molecular weight is 242 g/mol. The number of alkyl halides is 3. The van der Waals surface area contributed by atoms with Crippen LogP contribution in [0.1, 0.15) is 18.1 Å². The zero-order valence-corrected chi connectivity index (χ0v) is 8.91. The fraction of sp³-hybridized carbons (Fsp3) is 0.250. The van der Waals surface area contributed by atoms with Gasteiger partial charge in [0.15, 0.2) is 0 Å². The summed E-state index contributed by atoms with van der Waals surface area (Å²) in [5, 5.41) is 0. The van der Waals surface area contributed by atoms with Crippen LogP contribution in [-0.4, -0.2) is 12.1 Å². The third kappa shape index (κ3) is 2.33. The number of hydrogen-bond donors (Lipinski definition) is 0. The van der Waals surface area contributed by atoms with E-state index in [4.69, 9.17) is 4.74 Å². The summed E-state index contributed by atoms with van der Waals surface area (Å²) in [6, 6.07) is 4.65. The normalized spacial score (nSPS) is 20.1. The molecule has 0 saturated carbocycles. The van der Waals surface area contributed by atoms with Crippen molar-refractivity contribution in [1.29, 1.82) is 0 Å². The molecule has 0 bridgehead atoms. The van der Waals surface area contributed by atoms with Gasteiger partial charge in [0.25, 0.3) is 0 Å². The average Bonchev–Trinajstić information content (AvgIpc) is 2.57. The van der Waals surface area contributed by atoms with Crippen LogP contribution in [0.4, 0.5) is 13.2 Å². The van der Waals surface area contributed by atoms with Crippen molar-refractivity contribution in [1.82, 2.24) is 0 Å². The zero-order valence-electron chi connectivity index (χ0n) is 8.91. The van der Waals surface area contributed by atoms with Crippen LogP contribution >= 0.6 is 0 Å². The molecule has 0 radical (unpaired) electrons. The quantitative estimate of drug-likeness (QED) is 0.707. The molecule has 1 unspecified atom stereocenters. The molecule has 1 aliphatic heterocycles. The first-order valence-corrected chi connectivity index (χ1v) is 4.98. The van der Waals surface area contributed by atoms with Crippen molar-refractivity contribution in [3.8, 4) is 0 Å². The summed E-state index contributed by atoms with van der Waals surface area (Å²) >= 11 is 0. The Bertz CT molecular complexity index is 489. The molecule has 0 amide bonds. The highest BCUT2D eigenvalue weighted by Gasteiger charge is 2.32. The second kappa shape index (κ2) is 3.91. The molecule has 2 nitrogen and oxygen atoms in total. The molecule has 0 aromatic heterocycles. The summed E-state index contributed by atoms with van der Waals surface area (Å²) in [5.41, 5.74) is -0.360. The molecule has 1 atom stereocenters. The van der Waals surface area contributed by atoms with Gasteiger partial charge in [0, 0.05) is 0 Å². The Labute approximate surface area is 95.7 Å². The van der Waals surface area contributed by atoms with Crippen LogP contribution in [0.2, 0.25) is 0 Å². The maximum Gasteiger partial charge on any atom is 0.416 e. The Morgan fingerprint density at radius 2 is 2.00 bits per heavy atom. The lowest BCUT2D eigenvalue weighted by atomic mass is 10.0. The first-order chi connectivity index (χ1) is 7.88. The van der Waals surface area contributed by atoms with E-state index in [1.54, 1.807) is 6.92 Å². The first-order valence-electron chi connectivity index (χ1n) is 4.98. The van der Waals surface area contributed by atoms with Crippen molar-refractivity contribution < 1.29 is 22.7 Å². The van der Waals surface area contributed by atoms with E-state index >= 15 is 0 Å². The highest BCUT2D eigenvalue weighted by Crippen LogP contribution is 2.32. The van der Waals surface area contributed by atoms with Gasteiger partial charge in [0.1, 0.15) is 6.10 Å². The van der Waals surface area contributed by atoms with Crippen LogP contribution < -0.4 is 0 Å². The van der Waals surface area contributed by atoms with Crippen molar-refractivity contribution in [3.63, 3.8) is 0 Å². The van der Waals surface area contributed by atoms with Crippen LogP contribution in [0.25, 0.3) is 5.57 Å². The predicted octanol–water partition coefficient (Wildman–Crippen LogP) is 3.03. The Kier molecular flexibility index (Phi) is 2.69. The maximum absolute atomic E-state index is 12.5. The van der Waals surface area contributed by atoms with Gasteiger partial charge >= 0.3 is 12.1 Å². The monoisotopic (exact) mass is 242 g/mol. The summed E-state index contributed by atoms with van der Waals surface area (Å²) in [4.78, 5) is 11.4. The molecule has 2 rings (SSSR count). The van der Waals surface area contributed by atoms with Gasteiger partial charge in [-0.05, 0) is 30.7 Å². The van der Waals surface area contributed by atoms with E-state index in [2.05, 4.69) is 0 Å². The molecule has 1 aromatic rings. The van der Waals surface area contributed by atoms with Crippen molar-refractivity contribution in [3.05, 3.63) is 41.5 Å². The zero-order chi connectivity index (χ0) is 12.6. The van der Waals surface area contributed by atoms with E-state index in [0.717, 1.165) is 12.1 Å². The van der Waals surface area contributed by atoms with Crippen LogP contribution in [0, 0.1) is 0 Å². The molecular weight excluding hydrogens is 233 g/mol. The molecule has 5 heteroatoms. The van der Waals surface area contributed by atoms with Crippen molar-refractivity contribution in [2.75, 3.05) is 0 Å². The number of ether oxygens (including phenoxy) is 1. The first kappa shape index (κ1) is 11.7. The largest absolute Gasteiger partial charge is 0.455 e. The van der Waals surface area contributed by atoms with Gasteiger partial charge < -0.3 is 4.74 Å². The molecule has 0 fully saturated rings. The second-order valence-electron chi connectivity index (χ2n) is 3.77. The third-order valence-electron chi connectivity index (χ3n) is 2.42. The Morgan fingerprint density at radius 1 is 1.29 bits per heavy atom. The molecular formula is C12H9F3O2. The number of hydrogen-bond acceptors (Lipinski definition) is 2. The van der Waals surface area contributed by atoms with Crippen molar-refractivity contribution >= 4 is 11.5 Å². The number of carbonyl (C=O) groups is 1. The van der Waals surface area contributed by atoms with Crippen molar-refractivity contribution in [2.24, 2.45) is 0 Å². The van der Waals surface area contributed by atoms with E-state index < -0.39 is 23.8 Å². The molecule has 0 aliphatic carbocycles. The van der Waals surface area contributed by atoms with Gasteiger partial charge in [0.05, 0.1) is 11.1 Å². The number of benzene rings is 1. The fourth-order valence-electron chi connectivity index (χ4n) is 1.65. The predicted molar refractivity (Wildman–Crippen MR) is 55.0 cm³/mol. The molecule has 0 N–H and O–H groups in total. The number of cyclic esters (lactones) is 1. The summed E-state index contributed by atoms with van der Waals surface area (Å²) in [6.45, 7) is 1.65. The van der Waals surface area contributed by atoms with Crippen LogP contribution in [0.15, 0.2) is 30.3 Å². The molecule has 0 saturated heterocycles. The van der Waals surface area contributed by atoms with E-state index in [0.29, 0.717) is 0 Å². The molecule has 90 valence electrons. The standard InChI is InChI=1S/C12H9F3O2/c1-7-5-10(11(16)17-7)8-3-2-4-9(6-8)12(13,14)15/h2-7H,1H3. The SMILES string of the molecule is CC1C=C(c2cccc(C(F)(F)F)c2)C(=O)O1. The fourth-order valence-corrected chi connectivity index (χ4v) is 1.65. The Hall–Kier alpha value is -1.78. The molecule has 17 heavy (non-hydrogen) atoms. The molecule has 1 aliphatic rings. The van der Waals surface area contributed by atoms with Gasteiger partial charge in [-0.1, -0.05) is 12.1 Å². The smallest absolute Gasteiger partial charge is 0.416 e. The van der Waals surface area contributed by atoms with Gasteiger partial charge in [-0.3, -0.25) is 0 Å². The van der Waals surface area contributed by atoms with E-state index in [1.807, 2.05) is 0 Å². The summed E-state index contributed by atoms with van der Waals surface area (Å²) in [6.07, 6.45) is -3.30. The lowest BCUT2D eigenvalue weighted by Crippen LogP contribution is -2.06. The topological polar surface area (TPSA) is 26.3 Å². The molecule has 1 heterocycles. The number of halogens is 3. The minimum absolute atomic E-state index is 0.184. The van der Waals surface area contributed by atoms with Crippen molar-refractivity contribution in [2.45, 2.75) is 19.2 Å². The summed E-state index contributed by atoms with van der Waals surface area (Å²) in [7, 11) is 0. The molecule has 0 spiro atoms.